The molecule has 1 amide bonds. The number of carbonyl (C=O) groups excluding carboxylic acids is 1. The molecule has 1 rings (SSSR count). The summed E-state index contributed by atoms with van der Waals surface area (Å²) >= 11 is 0. The SMILES string of the molecule is CC(O)C(NC(=O)Cc1c(F)cccc1F)C(=O)O. The van der Waals surface area contributed by atoms with Crippen LogP contribution in [0.15, 0.2) is 18.2 Å². The third kappa shape index (κ3) is 3.99. The first-order valence-electron chi connectivity index (χ1n) is 5.46. The van der Waals surface area contributed by atoms with Gasteiger partial charge in [0.05, 0.1) is 12.5 Å². The number of hydrogen-bond donors (Lipinski definition) is 3. The molecule has 0 spiro atoms. The summed E-state index contributed by atoms with van der Waals surface area (Å²) in [5.41, 5.74) is -0.449. The Bertz CT molecular complexity index is 470. The fraction of sp³-hybridized carbons (Fsp3) is 0.333. The monoisotopic (exact) mass is 273 g/mol. The van der Waals surface area contributed by atoms with E-state index in [-0.39, 0.29) is 0 Å². The molecular weight excluding hydrogens is 260 g/mol. The second kappa shape index (κ2) is 6.24. The maximum atomic E-state index is 13.3. The van der Waals surface area contributed by atoms with Crippen molar-refractivity contribution in [2.75, 3.05) is 0 Å². The lowest BCUT2D eigenvalue weighted by molar-refractivity contribution is -0.144. The highest BCUT2D eigenvalue weighted by molar-refractivity contribution is 5.85. The Labute approximate surface area is 107 Å². The van der Waals surface area contributed by atoms with Crippen molar-refractivity contribution < 1.29 is 28.6 Å². The summed E-state index contributed by atoms with van der Waals surface area (Å²) in [6, 6.07) is 1.62. The highest BCUT2D eigenvalue weighted by atomic mass is 19.1. The van der Waals surface area contributed by atoms with Gasteiger partial charge in [0.25, 0.3) is 0 Å². The minimum absolute atomic E-state index is 0.449. The number of aliphatic hydroxyl groups excluding tert-OH is 1. The number of benzene rings is 1. The van der Waals surface area contributed by atoms with Crippen LogP contribution >= 0.6 is 0 Å². The van der Waals surface area contributed by atoms with Crippen LogP contribution in [-0.2, 0) is 16.0 Å². The summed E-state index contributed by atoms with van der Waals surface area (Å²) in [7, 11) is 0. The Morgan fingerprint density at radius 2 is 1.84 bits per heavy atom. The van der Waals surface area contributed by atoms with Crippen molar-refractivity contribution >= 4 is 11.9 Å². The Hall–Kier alpha value is -2.02. The summed E-state index contributed by atoms with van der Waals surface area (Å²) in [6.07, 6.45) is -1.97. The van der Waals surface area contributed by atoms with Crippen molar-refractivity contribution in [2.45, 2.75) is 25.5 Å². The zero-order valence-electron chi connectivity index (χ0n) is 10.1. The number of hydrogen-bond acceptors (Lipinski definition) is 3. The number of carboxylic acids is 1. The zero-order valence-corrected chi connectivity index (χ0v) is 10.1. The number of amides is 1. The molecule has 5 nitrogen and oxygen atoms in total. The van der Waals surface area contributed by atoms with Crippen LogP contribution in [0.25, 0.3) is 0 Å². The smallest absolute Gasteiger partial charge is 0.328 e. The van der Waals surface area contributed by atoms with Gasteiger partial charge >= 0.3 is 5.97 Å². The molecule has 0 fully saturated rings. The van der Waals surface area contributed by atoms with Crippen LogP contribution in [0.5, 0.6) is 0 Å². The molecule has 0 radical (unpaired) electrons. The fourth-order valence-electron chi connectivity index (χ4n) is 1.47. The van der Waals surface area contributed by atoms with E-state index in [2.05, 4.69) is 0 Å². The van der Waals surface area contributed by atoms with E-state index in [0.717, 1.165) is 18.2 Å². The van der Waals surface area contributed by atoms with E-state index in [9.17, 15) is 18.4 Å². The van der Waals surface area contributed by atoms with Gasteiger partial charge < -0.3 is 15.5 Å². The van der Waals surface area contributed by atoms with Gasteiger partial charge in [-0.15, -0.1) is 0 Å². The minimum atomic E-state index is -1.53. The molecule has 0 aliphatic carbocycles. The minimum Gasteiger partial charge on any atom is -0.480 e. The van der Waals surface area contributed by atoms with Crippen molar-refractivity contribution in [2.24, 2.45) is 0 Å². The number of halogens is 2. The third-order valence-corrected chi connectivity index (χ3v) is 2.46. The zero-order chi connectivity index (χ0) is 14.6. The second-order valence-electron chi connectivity index (χ2n) is 4.00. The van der Waals surface area contributed by atoms with Gasteiger partial charge in [0.15, 0.2) is 6.04 Å². The Balaban J connectivity index is 2.78. The van der Waals surface area contributed by atoms with E-state index < -0.39 is 47.6 Å². The first kappa shape index (κ1) is 15.0. The summed E-state index contributed by atoms with van der Waals surface area (Å²) < 4.78 is 26.6. The van der Waals surface area contributed by atoms with E-state index in [0.29, 0.717) is 0 Å². The molecule has 0 bridgehead atoms. The van der Waals surface area contributed by atoms with Gasteiger partial charge in [-0.1, -0.05) is 6.07 Å². The van der Waals surface area contributed by atoms with E-state index in [1.807, 2.05) is 5.32 Å². The van der Waals surface area contributed by atoms with Gasteiger partial charge in [-0.3, -0.25) is 4.79 Å². The highest BCUT2D eigenvalue weighted by Crippen LogP contribution is 2.12. The van der Waals surface area contributed by atoms with Crippen molar-refractivity contribution in [1.82, 2.24) is 5.32 Å². The molecule has 3 N–H and O–H groups in total. The molecule has 1 aromatic carbocycles. The fourth-order valence-corrected chi connectivity index (χ4v) is 1.47. The van der Waals surface area contributed by atoms with E-state index >= 15 is 0 Å². The van der Waals surface area contributed by atoms with Crippen molar-refractivity contribution in [1.29, 1.82) is 0 Å². The van der Waals surface area contributed by atoms with Crippen LogP contribution in [0.3, 0.4) is 0 Å². The van der Waals surface area contributed by atoms with Crippen LogP contribution < -0.4 is 5.32 Å². The molecule has 7 heteroatoms. The molecule has 0 heterocycles. The molecule has 19 heavy (non-hydrogen) atoms. The van der Waals surface area contributed by atoms with Gasteiger partial charge in [0, 0.05) is 5.56 Å². The average Bonchev–Trinajstić information content (AvgIpc) is 2.30. The van der Waals surface area contributed by atoms with Crippen LogP contribution in [0, 0.1) is 11.6 Å². The Morgan fingerprint density at radius 3 is 2.26 bits per heavy atom. The Kier molecular flexibility index (Phi) is 4.94. The largest absolute Gasteiger partial charge is 0.480 e. The molecular formula is C12H13F2NO4. The summed E-state index contributed by atoms with van der Waals surface area (Å²) in [4.78, 5) is 22.3. The number of carbonyl (C=O) groups is 2. The topological polar surface area (TPSA) is 86.6 Å². The van der Waals surface area contributed by atoms with Crippen LogP contribution in [0.1, 0.15) is 12.5 Å². The quantitative estimate of drug-likeness (QED) is 0.727. The van der Waals surface area contributed by atoms with Gasteiger partial charge in [0.2, 0.25) is 5.91 Å². The van der Waals surface area contributed by atoms with Gasteiger partial charge in [-0.05, 0) is 19.1 Å². The van der Waals surface area contributed by atoms with Crippen molar-refractivity contribution in [3.8, 4) is 0 Å². The van der Waals surface area contributed by atoms with Crippen molar-refractivity contribution in [3.63, 3.8) is 0 Å². The molecule has 1 aromatic rings. The van der Waals surface area contributed by atoms with Gasteiger partial charge in [-0.2, -0.15) is 0 Å². The number of aliphatic hydroxyl groups is 1. The lowest BCUT2D eigenvalue weighted by atomic mass is 10.1. The summed E-state index contributed by atoms with van der Waals surface area (Å²) in [5, 5.41) is 19.9. The standard InChI is InChI=1S/C12H13F2NO4/c1-6(16)11(12(18)19)15-10(17)5-7-8(13)3-2-4-9(7)14/h2-4,6,11,16H,5H2,1H3,(H,15,17)(H,18,19). The van der Waals surface area contributed by atoms with Gasteiger partial charge in [0.1, 0.15) is 11.6 Å². The third-order valence-electron chi connectivity index (χ3n) is 2.46. The first-order chi connectivity index (χ1) is 8.82. The maximum absolute atomic E-state index is 13.3. The average molecular weight is 273 g/mol. The van der Waals surface area contributed by atoms with Crippen LogP contribution in [0.4, 0.5) is 8.78 Å². The number of nitrogens with one attached hydrogen (secondary N) is 1. The molecule has 0 saturated carbocycles. The molecule has 2 atom stereocenters. The number of rotatable bonds is 5. The first-order valence-corrected chi connectivity index (χ1v) is 5.46. The molecule has 0 aromatic heterocycles. The van der Waals surface area contributed by atoms with E-state index in [1.165, 1.54) is 6.92 Å². The molecule has 0 aliphatic rings. The summed E-state index contributed by atoms with van der Waals surface area (Å²) in [5.74, 6) is -4.10. The molecule has 2 unspecified atom stereocenters. The van der Waals surface area contributed by atoms with E-state index in [1.54, 1.807) is 0 Å². The molecule has 104 valence electrons. The van der Waals surface area contributed by atoms with Crippen LogP contribution in [-0.4, -0.2) is 34.2 Å². The van der Waals surface area contributed by atoms with Crippen LogP contribution in [0.2, 0.25) is 0 Å². The summed E-state index contributed by atoms with van der Waals surface area (Å²) in [6.45, 7) is 1.18. The van der Waals surface area contributed by atoms with Crippen molar-refractivity contribution in [3.05, 3.63) is 35.4 Å². The number of carboxylic acid groups (broad SMARTS) is 1. The van der Waals surface area contributed by atoms with Gasteiger partial charge in [-0.25, -0.2) is 13.6 Å². The number of aliphatic carboxylic acids is 1. The second-order valence-corrected chi connectivity index (χ2v) is 4.00. The Morgan fingerprint density at radius 1 is 1.32 bits per heavy atom. The molecule has 0 aliphatic heterocycles. The molecule has 0 saturated heterocycles. The lowest BCUT2D eigenvalue weighted by Gasteiger charge is -2.17. The highest BCUT2D eigenvalue weighted by Gasteiger charge is 2.25. The predicted octanol–water partition coefficient (Wildman–Crippen LogP) is 0.457. The predicted molar refractivity (Wildman–Crippen MR) is 61.3 cm³/mol. The lowest BCUT2D eigenvalue weighted by Crippen LogP contribution is -2.48. The normalized spacial score (nSPS) is 13.7. The van der Waals surface area contributed by atoms with E-state index in [4.69, 9.17) is 10.2 Å². The maximum Gasteiger partial charge on any atom is 0.328 e.